The topological polar surface area (TPSA) is 134 Å². The molecule has 1 amide bonds. The molecule has 0 spiro atoms. The number of nitrogens with zero attached hydrogens (tertiary/aromatic N) is 2. The Balaban J connectivity index is 1.34. The number of thiazole rings is 1. The van der Waals surface area contributed by atoms with E-state index in [1.165, 1.54) is 40.9 Å². The Morgan fingerprint density at radius 1 is 1.16 bits per heavy atom. The molecule has 0 aliphatic carbocycles. The molecule has 9 nitrogen and oxygen atoms in total. The van der Waals surface area contributed by atoms with E-state index in [0.717, 1.165) is 4.70 Å². The summed E-state index contributed by atoms with van der Waals surface area (Å²) in [6, 6.07) is 16.1. The number of nitrogens with one attached hydrogen (secondary N) is 2. The van der Waals surface area contributed by atoms with Gasteiger partial charge < -0.3 is 10.4 Å². The van der Waals surface area contributed by atoms with Crippen molar-refractivity contribution >= 4 is 79.9 Å². The molecule has 3 aromatic carbocycles. The lowest BCUT2D eigenvalue weighted by Gasteiger charge is -2.12. The monoisotopic (exact) mass is 572 g/mol. The Bertz CT molecular complexity index is 1530. The summed E-state index contributed by atoms with van der Waals surface area (Å²) in [6.07, 6.45) is 0. The highest BCUT2D eigenvalue weighted by Crippen LogP contribution is 2.42. The van der Waals surface area contributed by atoms with E-state index in [9.17, 15) is 24.8 Å². The van der Waals surface area contributed by atoms with Crippen LogP contribution in [0.25, 0.3) is 10.2 Å². The molecular weight excluding hydrogens is 556 g/mol. The van der Waals surface area contributed by atoms with Gasteiger partial charge in [0.25, 0.3) is 11.6 Å². The number of halogens is 1. The number of nitro groups is 1. The summed E-state index contributed by atoms with van der Waals surface area (Å²) in [7, 11) is 0. The second-order valence-electron chi connectivity index (χ2n) is 7.98. The van der Waals surface area contributed by atoms with E-state index in [1.54, 1.807) is 48.5 Å². The van der Waals surface area contributed by atoms with Crippen molar-refractivity contribution in [2.24, 2.45) is 0 Å². The van der Waals surface area contributed by atoms with Crippen LogP contribution in [0, 0.1) is 10.1 Å². The van der Waals surface area contributed by atoms with Crippen molar-refractivity contribution in [2.45, 2.75) is 20.7 Å². The molecule has 2 heterocycles. The van der Waals surface area contributed by atoms with Gasteiger partial charge in [-0.15, -0.1) is 23.1 Å². The SMILES string of the molecule is O=C(Nc1ccc2nc(Sc3ccc([C@@H]4N[C@H](C(=O)O)CS4)cc3[N+](=O)[O-])sc2c1)c1ccc(Cl)cc1. The van der Waals surface area contributed by atoms with Gasteiger partial charge in [0.15, 0.2) is 4.34 Å². The summed E-state index contributed by atoms with van der Waals surface area (Å²) in [6.45, 7) is 0. The normalized spacial score (nSPS) is 17.1. The molecule has 188 valence electrons. The summed E-state index contributed by atoms with van der Waals surface area (Å²) in [5, 5.41) is 27.1. The van der Waals surface area contributed by atoms with E-state index in [4.69, 9.17) is 11.6 Å². The number of thioether (sulfide) groups is 1. The van der Waals surface area contributed by atoms with Crippen molar-refractivity contribution in [3.05, 3.63) is 86.9 Å². The van der Waals surface area contributed by atoms with E-state index in [-0.39, 0.29) is 17.0 Å². The van der Waals surface area contributed by atoms with Crippen molar-refractivity contribution in [1.29, 1.82) is 0 Å². The Hall–Kier alpha value is -3.16. The number of benzene rings is 3. The van der Waals surface area contributed by atoms with Gasteiger partial charge in [-0.05, 0) is 54.1 Å². The summed E-state index contributed by atoms with van der Waals surface area (Å²) < 4.78 is 1.44. The molecule has 37 heavy (non-hydrogen) atoms. The zero-order valence-electron chi connectivity index (χ0n) is 18.7. The second-order valence-corrected chi connectivity index (χ2v) is 11.9. The fourth-order valence-corrected chi connectivity index (χ4v) is 7.15. The number of carbonyl (C=O) groups is 2. The molecule has 0 bridgehead atoms. The van der Waals surface area contributed by atoms with Crippen LogP contribution in [0.4, 0.5) is 11.4 Å². The largest absolute Gasteiger partial charge is 0.480 e. The number of amides is 1. The van der Waals surface area contributed by atoms with Crippen LogP contribution >= 0.6 is 46.5 Å². The highest BCUT2D eigenvalue weighted by molar-refractivity contribution is 8.01. The minimum Gasteiger partial charge on any atom is -0.480 e. The number of anilines is 1. The van der Waals surface area contributed by atoms with Crippen molar-refractivity contribution < 1.29 is 19.6 Å². The maximum absolute atomic E-state index is 12.5. The summed E-state index contributed by atoms with van der Waals surface area (Å²) in [5.74, 6) is -0.825. The van der Waals surface area contributed by atoms with Gasteiger partial charge in [0.1, 0.15) is 6.04 Å². The number of hydrogen-bond acceptors (Lipinski definition) is 9. The van der Waals surface area contributed by atoms with Gasteiger partial charge in [0, 0.05) is 28.1 Å². The van der Waals surface area contributed by atoms with E-state index >= 15 is 0 Å². The smallest absolute Gasteiger partial charge is 0.321 e. The highest BCUT2D eigenvalue weighted by Gasteiger charge is 2.31. The highest BCUT2D eigenvalue weighted by atomic mass is 35.5. The molecule has 1 aromatic heterocycles. The predicted molar refractivity (Wildman–Crippen MR) is 146 cm³/mol. The van der Waals surface area contributed by atoms with Crippen LogP contribution in [0.1, 0.15) is 21.3 Å². The first-order valence-electron chi connectivity index (χ1n) is 10.8. The number of carboxylic acids is 1. The molecule has 0 radical (unpaired) electrons. The molecule has 1 aliphatic rings. The molecule has 5 rings (SSSR count). The zero-order valence-corrected chi connectivity index (χ0v) is 21.9. The Morgan fingerprint density at radius 3 is 2.65 bits per heavy atom. The minimum absolute atomic E-state index is 0.0705. The van der Waals surface area contributed by atoms with Crippen molar-refractivity contribution in [1.82, 2.24) is 10.3 Å². The van der Waals surface area contributed by atoms with Gasteiger partial charge >= 0.3 is 5.97 Å². The third-order valence-corrected chi connectivity index (χ3v) is 9.16. The van der Waals surface area contributed by atoms with Crippen LogP contribution < -0.4 is 10.6 Å². The number of carboxylic acid groups (broad SMARTS) is 1. The van der Waals surface area contributed by atoms with Gasteiger partial charge in [-0.3, -0.25) is 25.0 Å². The van der Waals surface area contributed by atoms with Crippen LogP contribution in [0.3, 0.4) is 0 Å². The average molecular weight is 573 g/mol. The molecule has 4 aromatic rings. The molecule has 0 unspecified atom stereocenters. The Morgan fingerprint density at radius 2 is 1.95 bits per heavy atom. The van der Waals surface area contributed by atoms with E-state index in [0.29, 0.717) is 42.3 Å². The number of rotatable bonds is 7. The predicted octanol–water partition coefficient (Wildman–Crippen LogP) is 6.05. The van der Waals surface area contributed by atoms with E-state index in [1.807, 2.05) is 6.07 Å². The Kier molecular flexibility index (Phi) is 7.36. The molecule has 1 saturated heterocycles. The van der Waals surface area contributed by atoms with Gasteiger partial charge in [-0.25, -0.2) is 4.98 Å². The lowest BCUT2D eigenvalue weighted by molar-refractivity contribution is -0.387. The van der Waals surface area contributed by atoms with Crippen LogP contribution in [0.5, 0.6) is 0 Å². The summed E-state index contributed by atoms with van der Waals surface area (Å²) in [4.78, 5) is 40.1. The molecule has 3 N–H and O–H groups in total. The Labute approximate surface area is 227 Å². The quantitative estimate of drug-likeness (QED) is 0.179. The average Bonchev–Trinajstić information content (AvgIpc) is 3.51. The van der Waals surface area contributed by atoms with Crippen LogP contribution in [0.15, 0.2) is 69.9 Å². The maximum atomic E-state index is 12.5. The lowest BCUT2D eigenvalue weighted by atomic mass is 10.2. The zero-order chi connectivity index (χ0) is 26.1. The van der Waals surface area contributed by atoms with Gasteiger partial charge in [0.2, 0.25) is 0 Å². The minimum atomic E-state index is -0.944. The molecule has 0 saturated carbocycles. The third kappa shape index (κ3) is 5.73. The molecule has 1 fully saturated rings. The first kappa shape index (κ1) is 25.5. The number of fused-ring (bicyclic) bond motifs is 1. The number of nitro benzene ring substituents is 1. The van der Waals surface area contributed by atoms with Gasteiger partial charge in [-0.2, -0.15) is 0 Å². The summed E-state index contributed by atoms with van der Waals surface area (Å²) in [5.41, 5.74) is 2.37. The first-order valence-corrected chi connectivity index (χ1v) is 13.9. The third-order valence-electron chi connectivity index (χ3n) is 5.49. The van der Waals surface area contributed by atoms with Crippen LogP contribution in [-0.2, 0) is 4.79 Å². The fourth-order valence-electron chi connectivity index (χ4n) is 3.66. The van der Waals surface area contributed by atoms with Crippen molar-refractivity contribution in [3.8, 4) is 0 Å². The number of hydrogen-bond donors (Lipinski definition) is 3. The molecule has 1 aliphatic heterocycles. The molecule has 2 atom stereocenters. The van der Waals surface area contributed by atoms with E-state index in [2.05, 4.69) is 15.6 Å². The molecular formula is C24H17ClN4O5S3. The van der Waals surface area contributed by atoms with Crippen LogP contribution in [0.2, 0.25) is 5.02 Å². The number of aliphatic carboxylic acids is 1. The van der Waals surface area contributed by atoms with E-state index < -0.39 is 16.9 Å². The number of aromatic nitrogens is 1. The van der Waals surface area contributed by atoms with Crippen molar-refractivity contribution in [3.63, 3.8) is 0 Å². The second kappa shape index (κ2) is 10.7. The standard InChI is InChI=1S/C24H17ClN4O5S3/c25-14-4-1-12(2-5-14)21(30)26-15-6-7-16-20(10-15)37-24(28-16)36-19-8-3-13(9-18(19)29(33)34)22-27-17(11-35-22)23(31)32/h1-10,17,22,27H,11H2,(H,26,30)(H,31,32)/t17-,22+/m0/s1. The molecule has 13 heteroatoms. The van der Waals surface area contributed by atoms with Crippen molar-refractivity contribution in [2.75, 3.05) is 11.1 Å². The fraction of sp³-hybridized carbons (Fsp3) is 0.125. The summed E-state index contributed by atoms with van der Waals surface area (Å²) >= 11 is 9.84. The van der Waals surface area contributed by atoms with Crippen LogP contribution in [-0.4, -0.2) is 38.7 Å². The number of carbonyl (C=O) groups excluding carboxylic acids is 1. The van der Waals surface area contributed by atoms with Gasteiger partial charge in [0.05, 0.1) is 25.4 Å². The first-order chi connectivity index (χ1) is 17.8. The maximum Gasteiger partial charge on any atom is 0.321 e. The lowest BCUT2D eigenvalue weighted by Crippen LogP contribution is -2.33. The van der Waals surface area contributed by atoms with Gasteiger partial charge in [-0.1, -0.05) is 29.4 Å².